The first kappa shape index (κ1) is 13.7. The molecule has 1 heterocycles. The van der Waals surface area contributed by atoms with E-state index in [2.05, 4.69) is 17.6 Å². The fraction of sp³-hybridized carbons (Fsp3) is 0.308. The Kier molecular flexibility index (Phi) is 4.92. The SMILES string of the molecule is Cc1nc(CCOc2ccccc2Cl)sc1CS. The van der Waals surface area contributed by atoms with Gasteiger partial charge in [0, 0.05) is 17.1 Å². The van der Waals surface area contributed by atoms with Gasteiger partial charge >= 0.3 is 0 Å². The van der Waals surface area contributed by atoms with E-state index in [1.807, 2.05) is 31.2 Å². The van der Waals surface area contributed by atoms with Crippen LogP contribution in [0.2, 0.25) is 5.02 Å². The summed E-state index contributed by atoms with van der Waals surface area (Å²) < 4.78 is 5.64. The molecule has 18 heavy (non-hydrogen) atoms. The third kappa shape index (κ3) is 3.40. The molecule has 0 N–H and O–H groups in total. The maximum Gasteiger partial charge on any atom is 0.137 e. The average molecular weight is 300 g/mol. The van der Waals surface area contributed by atoms with E-state index >= 15 is 0 Å². The normalized spacial score (nSPS) is 10.6. The summed E-state index contributed by atoms with van der Waals surface area (Å²) in [5, 5.41) is 1.73. The van der Waals surface area contributed by atoms with Crippen LogP contribution in [0.15, 0.2) is 24.3 Å². The van der Waals surface area contributed by atoms with Gasteiger partial charge in [-0.3, -0.25) is 0 Å². The smallest absolute Gasteiger partial charge is 0.137 e. The third-order valence-corrected chi connectivity index (χ3v) is 4.55. The molecule has 0 fully saturated rings. The van der Waals surface area contributed by atoms with Gasteiger partial charge in [-0.2, -0.15) is 12.6 Å². The lowest BCUT2D eigenvalue weighted by atomic mass is 10.3. The predicted octanol–water partition coefficient (Wildman–Crippen LogP) is 4.16. The van der Waals surface area contributed by atoms with Gasteiger partial charge in [-0.05, 0) is 19.1 Å². The van der Waals surface area contributed by atoms with Gasteiger partial charge in [0.15, 0.2) is 0 Å². The zero-order valence-corrected chi connectivity index (χ0v) is 12.5. The maximum atomic E-state index is 6.01. The van der Waals surface area contributed by atoms with Crippen LogP contribution in [0.5, 0.6) is 5.75 Å². The second-order valence-electron chi connectivity index (χ2n) is 3.80. The molecule has 0 saturated heterocycles. The van der Waals surface area contributed by atoms with Crippen molar-refractivity contribution in [3.63, 3.8) is 0 Å². The highest BCUT2D eigenvalue weighted by atomic mass is 35.5. The van der Waals surface area contributed by atoms with Gasteiger partial charge in [0.25, 0.3) is 0 Å². The molecule has 2 rings (SSSR count). The van der Waals surface area contributed by atoms with Gasteiger partial charge in [0.2, 0.25) is 0 Å². The van der Waals surface area contributed by atoms with Gasteiger partial charge in [0.05, 0.1) is 22.3 Å². The van der Waals surface area contributed by atoms with Crippen molar-refractivity contribution in [3.8, 4) is 5.75 Å². The number of nitrogens with zero attached hydrogens (tertiary/aromatic N) is 1. The first-order valence-corrected chi connectivity index (χ1v) is 7.46. The Morgan fingerprint density at radius 1 is 1.39 bits per heavy atom. The predicted molar refractivity (Wildman–Crippen MR) is 80.2 cm³/mol. The molecule has 0 aliphatic rings. The van der Waals surface area contributed by atoms with E-state index in [1.165, 1.54) is 4.88 Å². The number of thiazole rings is 1. The van der Waals surface area contributed by atoms with E-state index in [-0.39, 0.29) is 0 Å². The summed E-state index contributed by atoms with van der Waals surface area (Å²) in [6, 6.07) is 7.49. The molecule has 0 aliphatic heterocycles. The monoisotopic (exact) mass is 299 g/mol. The van der Waals surface area contributed by atoms with Crippen molar-refractivity contribution in [2.75, 3.05) is 6.61 Å². The minimum Gasteiger partial charge on any atom is -0.492 e. The van der Waals surface area contributed by atoms with Gasteiger partial charge in [-0.1, -0.05) is 23.7 Å². The van der Waals surface area contributed by atoms with E-state index in [1.54, 1.807) is 11.3 Å². The van der Waals surface area contributed by atoms with Crippen molar-refractivity contribution in [3.05, 3.63) is 44.9 Å². The number of aromatic nitrogens is 1. The molecule has 0 atom stereocenters. The molecular weight excluding hydrogens is 286 g/mol. The zero-order chi connectivity index (χ0) is 13.0. The highest BCUT2D eigenvalue weighted by Crippen LogP contribution is 2.24. The summed E-state index contributed by atoms with van der Waals surface area (Å²) in [7, 11) is 0. The van der Waals surface area contributed by atoms with Gasteiger partial charge in [-0.15, -0.1) is 11.3 Å². The minimum atomic E-state index is 0.586. The summed E-state index contributed by atoms with van der Waals surface area (Å²) >= 11 is 12.0. The van der Waals surface area contributed by atoms with Crippen LogP contribution in [0, 0.1) is 6.92 Å². The highest BCUT2D eigenvalue weighted by molar-refractivity contribution is 7.79. The molecule has 0 spiro atoms. The van der Waals surface area contributed by atoms with E-state index in [0.29, 0.717) is 11.6 Å². The summed E-state index contributed by atoms with van der Waals surface area (Å²) in [5.41, 5.74) is 1.07. The van der Waals surface area contributed by atoms with Crippen LogP contribution < -0.4 is 4.74 Å². The largest absolute Gasteiger partial charge is 0.492 e. The lowest BCUT2D eigenvalue weighted by Crippen LogP contribution is -2.01. The lowest BCUT2D eigenvalue weighted by molar-refractivity contribution is 0.322. The Morgan fingerprint density at radius 2 is 2.17 bits per heavy atom. The molecule has 0 amide bonds. The van der Waals surface area contributed by atoms with Crippen LogP contribution in [0.4, 0.5) is 0 Å². The Hall–Kier alpha value is -0.710. The van der Waals surface area contributed by atoms with Gasteiger partial charge < -0.3 is 4.74 Å². The van der Waals surface area contributed by atoms with Crippen LogP contribution >= 0.6 is 35.6 Å². The molecule has 0 bridgehead atoms. The first-order chi connectivity index (χ1) is 8.70. The van der Waals surface area contributed by atoms with E-state index in [9.17, 15) is 0 Å². The second-order valence-corrected chi connectivity index (χ2v) is 5.69. The van der Waals surface area contributed by atoms with Crippen molar-refractivity contribution in [1.82, 2.24) is 4.98 Å². The first-order valence-electron chi connectivity index (χ1n) is 5.64. The van der Waals surface area contributed by atoms with Crippen LogP contribution in [-0.4, -0.2) is 11.6 Å². The fourth-order valence-electron chi connectivity index (χ4n) is 1.55. The molecule has 0 aliphatic carbocycles. The number of halogens is 1. The number of hydrogen-bond acceptors (Lipinski definition) is 4. The third-order valence-electron chi connectivity index (χ3n) is 2.49. The number of benzene rings is 1. The summed E-state index contributed by atoms with van der Waals surface area (Å²) in [5.74, 6) is 1.47. The molecule has 0 unspecified atom stereocenters. The van der Waals surface area contributed by atoms with E-state index in [4.69, 9.17) is 16.3 Å². The number of rotatable bonds is 5. The van der Waals surface area contributed by atoms with Crippen LogP contribution in [0.1, 0.15) is 15.6 Å². The number of thiol groups is 1. The number of hydrogen-bond donors (Lipinski definition) is 1. The maximum absolute atomic E-state index is 6.01. The molecule has 1 aromatic carbocycles. The van der Waals surface area contributed by atoms with Crippen molar-refractivity contribution < 1.29 is 4.74 Å². The Labute approximate surface area is 121 Å². The zero-order valence-electron chi connectivity index (χ0n) is 10.0. The topological polar surface area (TPSA) is 22.1 Å². The molecule has 96 valence electrons. The highest BCUT2D eigenvalue weighted by Gasteiger charge is 2.06. The average Bonchev–Trinajstić information content (AvgIpc) is 2.72. The van der Waals surface area contributed by atoms with Crippen LogP contribution in [-0.2, 0) is 12.2 Å². The van der Waals surface area contributed by atoms with E-state index < -0.39 is 0 Å². The Morgan fingerprint density at radius 3 is 2.83 bits per heavy atom. The van der Waals surface area contributed by atoms with Crippen molar-refractivity contribution in [1.29, 1.82) is 0 Å². The van der Waals surface area contributed by atoms with Crippen LogP contribution in [0.25, 0.3) is 0 Å². The van der Waals surface area contributed by atoms with Gasteiger partial charge in [-0.25, -0.2) is 4.98 Å². The fourth-order valence-corrected chi connectivity index (χ4v) is 3.08. The Balaban J connectivity index is 1.90. The number of aryl methyl sites for hydroxylation is 1. The minimum absolute atomic E-state index is 0.586. The van der Waals surface area contributed by atoms with Gasteiger partial charge in [0.1, 0.15) is 5.75 Å². The van der Waals surface area contributed by atoms with E-state index in [0.717, 1.165) is 28.6 Å². The van der Waals surface area contributed by atoms with Crippen molar-refractivity contribution in [2.45, 2.75) is 19.1 Å². The molecule has 0 radical (unpaired) electrons. The number of ether oxygens (including phenoxy) is 1. The lowest BCUT2D eigenvalue weighted by Gasteiger charge is -2.06. The second kappa shape index (κ2) is 6.45. The molecule has 2 nitrogen and oxygen atoms in total. The number of para-hydroxylation sites is 1. The van der Waals surface area contributed by atoms with Crippen LogP contribution in [0.3, 0.4) is 0 Å². The van der Waals surface area contributed by atoms with Crippen molar-refractivity contribution in [2.24, 2.45) is 0 Å². The summed E-state index contributed by atoms with van der Waals surface area (Å²) in [6.45, 7) is 2.60. The molecule has 1 aromatic heterocycles. The molecule has 2 aromatic rings. The molecule has 0 saturated carbocycles. The summed E-state index contributed by atoms with van der Waals surface area (Å²) in [4.78, 5) is 5.72. The standard InChI is InChI=1S/C13H14ClNOS2/c1-9-12(8-17)18-13(15-9)6-7-16-11-5-3-2-4-10(11)14/h2-5,17H,6-8H2,1H3. The molecular formula is C13H14ClNOS2. The quantitative estimate of drug-likeness (QED) is 0.838. The van der Waals surface area contributed by atoms with Crippen molar-refractivity contribution >= 4 is 35.6 Å². The summed E-state index contributed by atoms with van der Waals surface area (Å²) in [6.07, 6.45) is 0.796. The Bertz CT molecular complexity index is 527. The molecule has 5 heteroatoms.